The fraction of sp³-hybridized carbons (Fsp3) is 0.393. The number of carboxylic acids is 1. The van der Waals surface area contributed by atoms with Gasteiger partial charge in [0.2, 0.25) is 5.91 Å². The zero-order chi connectivity index (χ0) is 24.6. The lowest BCUT2D eigenvalue weighted by molar-refractivity contribution is -0.157. The van der Waals surface area contributed by atoms with Crippen LogP contribution in [0, 0.1) is 5.92 Å². The molecule has 1 saturated heterocycles. The third-order valence-electron chi connectivity index (χ3n) is 7.69. The van der Waals surface area contributed by atoms with Crippen LogP contribution in [0.5, 0.6) is 0 Å². The summed E-state index contributed by atoms with van der Waals surface area (Å²) in [7, 11) is 0. The van der Waals surface area contributed by atoms with Crippen molar-refractivity contribution in [3.05, 3.63) is 71.8 Å². The van der Waals surface area contributed by atoms with Crippen LogP contribution in [0.2, 0.25) is 0 Å². The molecule has 182 valence electrons. The molecule has 0 aromatic heterocycles. The molecule has 7 nitrogen and oxygen atoms in total. The molecule has 5 rings (SSSR count). The van der Waals surface area contributed by atoms with Crippen LogP contribution in [-0.4, -0.2) is 52.7 Å². The number of nitrogens with zero attached hydrogens (tertiary/aromatic N) is 1. The Morgan fingerprint density at radius 1 is 1.09 bits per heavy atom. The van der Waals surface area contributed by atoms with Crippen LogP contribution in [0.1, 0.15) is 49.7 Å². The molecule has 7 heteroatoms. The predicted octanol–water partition coefficient (Wildman–Crippen LogP) is 4.33. The van der Waals surface area contributed by atoms with Gasteiger partial charge in [0.05, 0.1) is 6.04 Å². The smallest absolute Gasteiger partial charge is 0.407 e. The van der Waals surface area contributed by atoms with Gasteiger partial charge in [-0.15, -0.1) is 0 Å². The molecule has 1 heterocycles. The Morgan fingerprint density at radius 3 is 2.40 bits per heavy atom. The van der Waals surface area contributed by atoms with E-state index in [1.807, 2.05) is 36.4 Å². The minimum atomic E-state index is -1.16. The maximum absolute atomic E-state index is 13.2. The van der Waals surface area contributed by atoms with Crippen LogP contribution in [0.4, 0.5) is 4.79 Å². The van der Waals surface area contributed by atoms with E-state index in [-0.39, 0.29) is 30.4 Å². The number of carboxylic acid groups (broad SMARTS) is 1. The molecule has 35 heavy (non-hydrogen) atoms. The van der Waals surface area contributed by atoms with E-state index in [1.54, 1.807) is 6.92 Å². The lowest BCUT2D eigenvalue weighted by Gasteiger charge is -2.35. The van der Waals surface area contributed by atoms with Gasteiger partial charge in [-0.1, -0.05) is 60.7 Å². The molecule has 3 aliphatic rings. The Kier molecular flexibility index (Phi) is 6.09. The Morgan fingerprint density at radius 2 is 1.74 bits per heavy atom. The summed E-state index contributed by atoms with van der Waals surface area (Å²) in [6, 6.07) is 16.0. The summed E-state index contributed by atoms with van der Waals surface area (Å²) in [6.45, 7) is 2.29. The number of rotatable bonds is 5. The summed E-state index contributed by atoms with van der Waals surface area (Å²) in [6.07, 6.45) is 5.34. The quantitative estimate of drug-likeness (QED) is 0.629. The lowest BCUT2D eigenvalue weighted by atomic mass is 9.88. The minimum Gasteiger partial charge on any atom is -0.480 e. The second kappa shape index (κ2) is 9.21. The molecule has 0 radical (unpaired) electrons. The third-order valence-corrected chi connectivity index (χ3v) is 7.69. The zero-order valence-electron chi connectivity index (χ0n) is 19.8. The lowest BCUT2D eigenvalue weighted by Crippen LogP contribution is -2.53. The highest BCUT2D eigenvalue weighted by atomic mass is 16.5. The molecule has 2 amide bonds. The van der Waals surface area contributed by atoms with Gasteiger partial charge in [0.25, 0.3) is 0 Å². The van der Waals surface area contributed by atoms with Gasteiger partial charge in [-0.2, -0.15) is 0 Å². The highest BCUT2D eigenvalue weighted by Crippen LogP contribution is 2.44. The van der Waals surface area contributed by atoms with Crippen LogP contribution >= 0.6 is 0 Å². The molecule has 3 atom stereocenters. The van der Waals surface area contributed by atoms with Gasteiger partial charge < -0.3 is 20.1 Å². The maximum atomic E-state index is 13.2. The normalized spacial score (nSPS) is 25.1. The third kappa shape index (κ3) is 4.20. The van der Waals surface area contributed by atoms with Crippen molar-refractivity contribution in [1.29, 1.82) is 0 Å². The average molecular weight is 475 g/mol. The van der Waals surface area contributed by atoms with E-state index in [9.17, 15) is 19.5 Å². The van der Waals surface area contributed by atoms with Gasteiger partial charge in [-0.05, 0) is 54.9 Å². The number of benzene rings is 2. The van der Waals surface area contributed by atoms with E-state index in [1.165, 1.54) is 16.0 Å². The predicted molar refractivity (Wildman–Crippen MR) is 131 cm³/mol. The standard InChI is InChI=1S/C28H30N2O5/c1-28(26(32)33)14-7-15-30(28)25(31)18-8-6-9-19(16-18)29-27(34)35-17-24-22-12-4-2-10-20(22)21-11-3-5-13-23(21)24/h2-6,9-13,18-19,24H,7-8,14-17H2,1H3,(H,29,34)(H,32,33)/t18?,19?,28-/m0/s1. The van der Waals surface area contributed by atoms with Crippen molar-refractivity contribution in [2.75, 3.05) is 13.2 Å². The molecule has 2 unspecified atom stereocenters. The molecular weight excluding hydrogens is 444 g/mol. The number of ether oxygens (including phenoxy) is 1. The van der Waals surface area contributed by atoms with E-state index in [0.29, 0.717) is 32.2 Å². The van der Waals surface area contributed by atoms with E-state index >= 15 is 0 Å². The number of allylic oxidation sites excluding steroid dienone is 1. The summed E-state index contributed by atoms with van der Waals surface area (Å²) in [5.41, 5.74) is 3.48. The van der Waals surface area contributed by atoms with Crippen molar-refractivity contribution in [2.24, 2.45) is 5.92 Å². The Hall–Kier alpha value is -3.61. The first-order valence-electron chi connectivity index (χ1n) is 12.2. The molecule has 2 aromatic rings. The number of aliphatic carboxylic acids is 1. The summed E-state index contributed by atoms with van der Waals surface area (Å²) in [5.74, 6) is -1.51. The van der Waals surface area contributed by atoms with Crippen LogP contribution in [-0.2, 0) is 14.3 Å². The average Bonchev–Trinajstić information content (AvgIpc) is 3.41. The summed E-state index contributed by atoms with van der Waals surface area (Å²) in [4.78, 5) is 39.1. The number of hydrogen-bond acceptors (Lipinski definition) is 4. The number of likely N-dealkylation sites (tertiary alicyclic amines) is 1. The van der Waals surface area contributed by atoms with Crippen molar-refractivity contribution in [3.8, 4) is 11.1 Å². The van der Waals surface area contributed by atoms with Crippen LogP contribution in [0.25, 0.3) is 11.1 Å². The molecule has 2 N–H and O–H groups in total. The van der Waals surface area contributed by atoms with E-state index < -0.39 is 17.6 Å². The number of carbonyl (C=O) groups is 3. The molecule has 1 fully saturated rings. The molecule has 2 aromatic carbocycles. The monoisotopic (exact) mass is 474 g/mol. The number of fused-ring (bicyclic) bond motifs is 3. The number of hydrogen-bond donors (Lipinski definition) is 2. The van der Waals surface area contributed by atoms with Crippen molar-refractivity contribution in [2.45, 2.75) is 50.1 Å². The maximum Gasteiger partial charge on any atom is 0.407 e. The fourth-order valence-corrected chi connectivity index (χ4v) is 5.75. The number of carbonyl (C=O) groups excluding carboxylic acids is 2. The van der Waals surface area contributed by atoms with Crippen molar-refractivity contribution in [3.63, 3.8) is 0 Å². The number of alkyl carbamates (subject to hydrolysis) is 1. The first kappa shape index (κ1) is 23.1. The fourth-order valence-electron chi connectivity index (χ4n) is 5.75. The highest BCUT2D eigenvalue weighted by molar-refractivity contribution is 5.89. The summed E-state index contributed by atoms with van der Waals surface area (Å²) in [5, 5.41) is 12.5. The molecule has 0 saturated carbocycles. The summed E-state index contributed by atoms with van der Waals surface area (Å²) >= 11 is 0. The molecule has 2 aliphatic carbocycles. The van der Waals surface area contributed by atoms with Crippen LogP contribution in [0.15, 0.2) is 60.7 Å². The molecule has 0 spiro atoms. The van der Waals surface area contributed by atoms with Gasteiger partial charge in [0, 0.05) is 18.4 Å². The van der Waals surface area contributed by atoms with Crippen molar-refractivity contribution in [1.82, 2.24) is 10.2 Å². The first-order chi connectivity index (χ1) is 16.9. The van der Waals surface area contributed by atoms with E-state index in [4.69, 9.17) is 4.74 Å². The Labute approximate surface area is 204 Å². The van der Waals surface area contributed by atoms with Crippen molar-refractivity contribution >= 4 is 18.0 Å². The minimum absolute atomic E-state index is 0.0202. The molecular formula is C28H30N2O5. The van der Waals surface area contributed by atoms with Gasteiger partial charge in [-0.25, -0.2) is 9.59 Å². The Balaban J connectivity index is 1.20. The second-order valence-electron chi connectivity index (χ2n) is 9.85. The highest BCUT2D eigenvalue weighted by Gasteiger charge is 2.47. The summed E-state index contributed by atoms with van der Waals surface area (Å²) < 4.78 is 5.65. The topological polar surface area (TPSA) is 95.9 Å². The first-order valence-corrected chi connectivity index (χ1v) is 12.2. The van der Waals surface area contributed by atoms with Gasteiger partial charge in [-0.3, -0.25) is 4.79 Å². The Bertz CT molecular complexity index is 1150. The van der Waals surface area contributed by atoms with Crippen molar-refractivity contribution < 1.29 is 24.2 Å². The molecule has 1 aliphatic heterocycles. The molecule has 0 bridgehead atoms. The SMILES string of the molecule is C[C@@]1(C(=O)O)CCCN1C(=O)C1CC=CC(NC(=O)OCC2c3ccccc3-c3ccccc32)C1. The van der Waals surface area contributed by atoms with Gasteiger partial charge >= 0.3 is 12.1 Å². The van der Waals surface area contributed by atoms with E-state index in [2.05, 4.69) is 29.6 Å². The largest absolute Gasteiger partial charge is 0.480 e. The second-order valence-corrected chi connectivity index (χ2v) is 9.85. The van der Waals surface area contributed by atoms with Crippen LogP contribution in [0.3, 0.4) is 0 Å². The van der Waals surface area contributed by atoms with Crippen LogP contribution < -0.4 is 5.32 Å². The van der Waals surface area contributed by atoms with Gasteiger partial charge in [0.1, 0.15) is 12.1 Å². The number of amides is 2. The number of nitrogens with one attached hydrogen (secondary N) is 1. The van der Waals surface area contributed by atoms with Gasteiger partial charge in [0.15, 0.2) is 0 Å². The zero-order valence-corrected chi connectivity index (χ0v) is 19.8. The van der Waals surface area contributed by atoms with E-state index in [0.717, 1.165) is 11.1 Å².